The molecular formula is C13H17ClN2O4. The predicted molar refractivity (Wildman–Crippen MR) is 72.0 cm³/mol. The second-order valence-electron chi connectivity index (χ2n) is 4.51. The first-order chi connectivity index (χ1) is 9.38. The van der Waals surface area contributed by atoms with E-state index in [0.717, 1.165) is 0 Å². The van der Waals surface area contributed by atoms with Crippen molar-refractivity contribution in [1.82, 2.24) is 0 Å². The van der Waals surface area contributed by atoms with Crippen LogP contribution in [0.2, 0.25) is 5.02 Å². The highest BCUT2D eigenvalue weighted by Crippen LogP contribution is 2.14. The number of quaternary nitrogens is 1. The normalized spacial score (nSPS) is 13.6. The topological polar surface area (TPSA) is 106 Å². The maximum atomic E-state index is 11.8. The number of nitrogens with one attached hydrogen (secondary N) is 1. The number of benzene rings is 1. The number of rotatable bonds is 7. The number of carboxylic acids is 1. The van der Waals surface area contributed by atoms with Gasteiger partial charge in [-0.25, -0.2) is 0 Å². The number of carbonyl (C=O) groups is 2. The van der Waals surface area contributed by atoms with E-state index in [1.54, 1.807) is 24.3 Å². The Morgan fingerprint density at radius 1 is 1.50 bits per heavy atom. The van der Waals surface area contributed by atoms with Crippen molar-refractivity contribution in [3.05, 3.63) is 29.3 Å². The molecule has 1 rings (SSSR count). The first kappa shape index (κ1) is 16.4. The number of halogens is 1. The molecule has 0 saturated heterocycles. The van der Waals surface area contributed by atoms with Crippen LogP contribution in [-0.4, -0.2) is 35.7 Å². The van der Waals surface area contributed by atoms with Gasteiger partial charge in [0.1, 0.15) is 12.6 Å². The number of nitrogens with two attached hydrogens (primary N) is 1. The molecule has 1 aromatic carbocycles. The molecule has 20 heavy (non-hydrogen) atoms. The third-order valence-corrected chi connectivity index (χ3v) is 2.81. The molecule has 1 amide bonds. The minimum absolute atomic E-state index is 0.184. The lowest BCUT2D eigenvalue weighted by Crippen LogP contribution is -2.94. The monoisotopic (exact) mass is 300 g/mol. The standard InChI is InChI=1S/C13H17ClN2O4/c1-8(17)7-15-11(13(19)20)6-12(18)16-10-4-2-3-9(14)5-10/h2-5,8,11,15,17H,6-7H2,1H3,(H,16,18)(H,19,20)/t8-,11-/m0/s1. The number of aliphatic carboxylic acids is 1. The molecule has 1 aromatic rings. The molecule has 0 aliphatic heterocycles. The smallest absolute Gasteiger partial charge is 0.230 e. The molecule has 0 bridgehead atoms. The van der Waals surface area contributed by atoms with Crippen LogP contribution in [0.4, 0.5) is 5.69 Å². The van der Waals surface area contributed by atoms with Crippen LogP contribution in [0, 0.1) is 0 Å². The summed E-state index contributed by atoms with van der Waals surface area (Å²) in [4.78, 5) is 22.7. The highest BCUT2D eigenvalue weighted by molar-refractivity contribution is 6.30. The molecule has 4 N–H and O–H groups in total. The van der Waals surface area contributed by atoms with Gasteiger partial charge in [-0.2, -0.15) is 0 Å². The van der Waals surface area contributed by atoms with Crippen molar-refractivity contribution in [1.29, 1.82) is 0 Å². The van der Waals surface area contributed by atoms with Gasteiger partial charge in [0.15, 0.2) is 0 Å². The molecule has 6 nitrogen and oxygen atoms in total. The number of aliphatic hydroxyl groups excluding tert-OH is 1. The molecule has 2 atom stereocenters. The number of aliphatic hydroxyl groups is 1. The molecule has 7 heteroatoms. The molecule has 110 valence electrons. The average molecular weight is 301 g/mol. The molecule has 0 saturated carbocycles. The van der Waals surface area contributed by atoms with Crippen LogP contribution >= 0.6 is 11.6 Å². The van der Waals surface area contributed by atoms with Gasteiger partial charge in [-0.05, 0) is 25.1 Å². The van der Waals surface area contributed by atoms with Gasteiger partial charge in [-0.15, -0.1) is 0 Å². The Bertz CT molecular complexity index is 479. The zero-order valence-electron chi connectivity index (χ0n) is 11.0. The summed E-state index contributed by atoms with van der Waals surface area (Å²) in [7, 11) is 0. The summed E-state index contributed by atoms with van der Waals surface area (Å²) in [5.41, 5.74) is 0.495. The quantitative estimate of drug-likeness (QED) is 0.584. The van der Waals surface area contributed by atoms with Crippen LogP contribution in [-0.2, 0) is 9.59 Å². The Hall–Kier alpha value is -1.63. The van der Waals surface area contributed by atoms with Crippen molar-refractivity contribution < 1.29 is 25.1 Å². The van der Waals surface area contributed by atoms with Gasteiger partial charge in [0, 0.05) is 10.7 Å². The summed E-state index contributed by atoms with van der Waals surface area (Å²) < 4.78 is 0. The van der Waals surface area contributed by atoms with Crippen LogP contribution < -0.4 is 15.7 Å². The number of anilines is 1. The zero-order valence-corrected chi connectivity index (χ0v) is 11.8. The lowest BCUT2D eigenvalue weighted by molar-refractivity contribution is -0.687. The average Bonchev–Trinajstić information content (AvgIpc) is 2.33. The first-order valence-electron chi connectivity index (χ1n) is 6.16. The van der Waals surface area contributed by atoms with E-state index < -0.39 is 24.0 Å². The molecule has 0 aliphatic rings. The van der Waals surface area contributed by atoms with Crippen molar-refractivity contribution in [2.75, 3.05) is 11.9 Å². The summed E-state index contributed by atoms with van der Waals surface area (Å²) >= 11 is 5.78. The predicted octanol–water partition coefficient (Wildman–Crippen LogP) is -1.27. The van der Waals surface area contributed by atoms with Crippen LogP contribution in [0.3, 0.4) is 0 Å². The fourth-order valence-corrected chi connectivity index (χ4v) is 1.79. The number of hydrogen-bond donors (Lipinski definition) is 3. The van der Waals surface area contributed by atoms with Crippen molar-refractivity contribution in [2.24, 2.45) is 0 Å². The van der Waals surface area contributed by atoms with E-state index in [0.29, 0.717) is 10.7 Å². The van der Waals surface area contributed by atoms with E-state index >= 15 is 0 Å². The molecule has 0 radical (unpaired) electrons. The maximum Gasteiger partial charge on any atom is 0.230 e. The van der Waals surface area contributed by atoms with E-state index in [1.807, 2.05) is 0 Å². The van der Waals surface area contributed by atoms with Gasteiger partial charge >= 0.3 is 0 Å². The Morgan fingerprint density at radius 3 is 2.75 bits per heavy atom. The van der Waals surface area contributed by atoms with Gasteiger partial charge in [-0.3, -0.25) is 4.79 Å². The second-order valence-corrected chi connectivity index (χ2v) is 4.95. The molecule has 0 spiro atoms. The van der Waals surface area contributed by atoms with E-state index in [1.165, 1.54) is 12.2 Å². The van der Waals surface area contributed by atoms with E-state index in [-0.39, 0.29) is 13.0 Å². The third kappa shape index (κ3) is 6.01. The van der Waals surface area contributed by atoms with Gasteiger partial charge in [0.05, 0.1) is 18.5 Å². The van der Waals surface area contributed by atoms with Crippen molar-refractivity contribution in [2.45, 2.75) is 25.5 Å². The fraction of sp³-hybridized carbons (Fsp3) is 0.385. The van der Waals surface area contributed by atoms with Crippen LogP contribution in [0.15, 0.2) is 24.3 Å². The molecule has 0 fully saturated rings. The Balaban J connectivity index is 2.55. The van der Waals surface area contributed by atoms with Crippen molar-refractivity contribution in [3.63, 3.8) is 0 Å². The lowest BCUT2D eigenvalue weighted by atomic mass is 10.2. The Labute approximate surface area is 121 Å². The fourth-order valence-electron chi connectivity index (χ4n) is 1.60. The summed E-state index contributed by atoms with van der Waals surface area (Å²) in [5.74, 6) is -1.80. The molecule has 0 heterocycles. The first-order valence-corrected chi connectivity index (χ1v) is 6.54. The van der Waals surface area contributed by atoms with Gasteiger partial charge < -0.3 is 25.6 Å². The van der Waals surface area contributed by atoms with Gasteiger partial charge in [-0.1, -0.05) is 17.7 Å². The minimum atomic E-state index is -1.34. The SMILES string of the molecule is C[C@H](O)C[NH2+][C@@H](CC(=O)Nc1cccc(Cl)c1)C(=O)[O-]. The minimum Gasteiger partial charge on any atom is -0.544 e. The van der Waals surface area contributed by atoms with Crippen molar-refractivity contribution in [3.8, 4) is 0 Å². The largest absolute Gasteiger partial charge is 0.544 e. The Morgan fingerprint density at radius 2 is 2.20 bits per heavy atom. The van der Waals surface area contributed by atoms with E-state index in [2.05, 4.69) is 5.32 Å². The van der Waals surface area contributed by atoms with Crippen molar-refractivity contribution >= 4 is 29.2 Å². The van der Waals surface area contributed by atoms with Crippen LogP contribution in [0.1, 0.15) is 13.3 Å². The van der Waals surface area contributed by atoms with Crippen LogP contribution in [0.5, 0.6) is 0 Å². The molecule has 0 aliphatic carbocycles. The molecule has 0 unspecified atom stereocenters. The molecular weight excluding hydrogens is 284 g/mol. The highest BCUT2D eigenvalue weighted by Gasteiger charge is 2.19. The maximum absolute atomic E-state index is 11.8. The van der Waals surface area contributed by atoms with Gasteiger partial charge in [0.2, 0.25) is 5.91 Å². The van der Waals surface area contributed by atoms with E-state index in [4.69, 9.17) is 16.7 Å². The number of amides is 1. The second kappa shape index (κ2) is 7.84. The summed E-state index contributed by atoms with van der Waals surface area (Å²) in [6, 6.07) is 5.51. The number of hydrogen-bond acceptors (Lipinski definition) is 4. The summed E-state index contributed by atoms with van der Waals surface area (Å²) in [5, 5.41) is 24.5. The highest BCUT2D eigenvalue weighted by atomic mass is 35.5. The van der Waals surface area contributed by atoms with Crippen LogP contribution in [0.25, 0.3) is 0 Å². The summed E-state index contributed by atoms with van der Waals surface area (Å²) in [6.07, 6.45) is -0.908. The Kier molecular flexibility index (Phi) is 6.44. The number of carboxylic acid groups (broad SMARTS) is 1. The van der Waals surface area contributed by atoms with Gasteiger partial charge in [0.25, 0.3) is 0 Å². The number of carbonyl (C=O) groups excluding carboxylic acids is 2. The lowest BCUT2D eigenvalue weighted by Gasteiger charge is -2.17. The molecule has 0 aromatic heterocycles. The summed E-state index contributed by atoms with van der Waals surface area (Å²) in [6.45, 7) is 1.72. The van der Waals surface area contributed by atoms with E-state index in [9.17, 15) is 14.7 Å². The third-order valence-electron chi connectivity index (χ3n) is 2.58. The zero-order chi connectivity index (χ0) is 15.1.